The summed E-state index contributed by atoms with van der Waals surface area (Å²) < 4.78 is 5.35. The zero-order chi connectivity index (χ0) is 14.5. The van der Waals surface area contributed by atoms with Gasteiger partial charge in [0, 0.05) is 18.5 Å². The van der Waals surface area contributed by atoms with Gasteiger partial charge in [0.2, 0.25) is 11.7 Å². The molecule has 0 N–H and O–H groups in total. The predicted molar refractivity (Wildman–Crippen MR) is 82.9 cm³/mol. The van der Waals surface area contributed by atoms with Gasteiger partial charge in [-0.2, -0.15) is 4.98 Å². The molecule has 0 radical (unpaired) electrons. The molecule has 112 valence electrons. The Balaban J connectivity index is 1.49. The first-order valence-electron chi connectivity index (χ1n) is 7.91. The highest BCUT2D eigenvalue weighted by Gasteiger charge is 2.16. The molecule has 0 bridgehead atoms. The van der Waals surface area contributed by atoms with Crippen LogP contribution in [0.4, 0.5) is 0 Å². The van der Waals surface area contributed by atoms with Gasteiger partial charge in [0.15, 0.2) is 0 Å². The first kappa shape index (κ1) is 14.3. The van der Waals surface area contributed by atoms with Crippen molar-refractivity contribution in [2.24, 2.45) is 5.92 Å². The summed E-state index contributed by atoms with van der Waals surface area (Å²) in [5, 5.41) is 4.06. The summed E-state index contributed by atoms with van der Waals surface area (Å²) in [6, 6.07) is 9.98. The maximum atomic E-state index is 5.35. The van der Waals surface area contributed by atoms with Crippen molar-refractivity contribution in [2.75, 3.05) is 19.6 Å². The van der Waals surface area contributed by atoms with E-state index in [4.69, 9.17) is 4.52 Å². The van der Waals surface area contributed by atoms with E-state index in [1.165, 1.54) is 25.9 Å². The molecule has 2 heterocycles. The van der Waals surface area contributed by atoms with Crippen LogP contribution in [0.2, 0.25) is 0 Å². The second-order valence-corrected chi connectivity index (χ2v) is 6.03. The van der Waals surface area contributed by atoms with Gasteiger partial charge in [-0.1, -0.05) is 42.4 Å². The van der Waals surface area contributed by atoms with E-state index in [0.29, 0.717) is 5.82 Å². The van der Waals surface area contributed by atoms with Crippen LogP contribution >= 0.6 is 0 Å². The van der Waals surface area contributed by atoms with Crippen molar-refractivity contribution in [1.29, 1.82) is 0 Å². The van der Waals surface area contributed by atoms with Crippen LogP contribution in [0.1, 0.15) is 32.1 Å². The van der Waals surface area contributed by atoms with Crippen molar-refractivity contribution in [3.05, 3.63) is 36.2 Å². The van der Waals surface area contributed by atoms with Crippen LogP contribution in [-0.4, -0.2) is 34.7 Å². The fourth-order valence-corrected chi connectivity index (χ4v) is 3.00. The highest BCUT2D eigenvalue weighted by atomic mass is 16.5. The smallest absolute Gasteiger partial charge is 0.227 e. The van der Waals surface area contributed by atoms with Crippen LogP contribution in [0.15, 0.2) is 34.9 Å². The summed E-state index contributed by atoms with van der Waals surface area (Å²) in [4.78, 5) is 7.04. The molecule has 1 fully saturated rings. The summed E-state index contributed by atoms with van der Waals surface area (Å²) in [5.41, 5.74) is 1.01. The van der Waals surface area contributed by atoms with Gasteiger partial charge in [-0.25, -0.2) is 0 Å². The molecule has 0 unspecified atom stereocenters. The van der Waals surface area contributed by atoms with Crippen molar-refractivity contribution in [1.82, 2.24) is 15.0 Å². The molecule has 3 rings (SSSR count). The molecule has 1 aliphatic heterocycles. The van der Waals surface area contributed by atoms with Crippen molar-refractivity contribution in [3.8, 4) is 11.4 Å². The number of aromatic nitrogens is 2. The third kappa shape index (κ3) is 3.91. The molecule has 0 amide bonds. The van der Waals surface area contributed by atoms with Gasteiger partial charge in [-0.05, 0) is 38.3 Å². The van der Waals surface area contributed by atoms with Gasteiger partial charge in [0.25, 0.3) is 0 Å². The normalized spacial score (nSPS) is 19.8. The van der Waals surface area contributed by atoms with Crippen LogP contribution in [0.5, 0.6) is 0 Å². The topological polar surface area (TPSA) is 42.2 Å². The number of benzene rings is 1. The summed E-state index contributed by atoms with van der Waals surface area (Å²) in [5.74, 6) is 2.28. The minimum Gasteiger partial charge on any atom is -0.339 e. The average molecular weight is 285 g/mol. The molecule has 1 aromatic carbocycles. The Bertz CT molecular complexity index is 552. The molecule has 1 atom stereocenters. The van der Waals surface area contributed by atoms with E-state index in [9.17, 15) is 0 Å². The zero-order valence-corrected chi connectivity index (χ0v) is 12.7. The van der Waals surface area contributed by atoms with Crippen LogP contribution in [0.3, 0.4) is 0 Å². The molecule has 2 aromatic rings. The van der Waals surface area contributed by atoms with Crippen molar-refractivity contribution >= 4 is 0 Å². The molecule has 0 spiro atoms. The number of rotatable bonds is 5. The van der Waals surface area contributed by atoms with Gasteiger partial charge in [0.05, 0.1) is 0 Å². The van der Waals surface area contributed by atoms with Crippen LogP contribution in [0, 0.1) is 5.92 Å². The van der Waals surface area contributed by atoms with Gasteiger partial charge in [-0.3, -0.25) is 0 Å². The highest BCUT2D eigenvalue weighted by molar-refractivity contribution is 5.53. The zero-order valence-electron chi connectivity index (χ0n) is 12.7. The third-order valence-corrected chi connectivity index (χ3v) is 4.11. The number of nitrogens with zero attached hydrogens (tertiary/aromatic N) is 3. The fourth-order valence-electron chi connectivity index (χ4n) is 3.00. The lowest BCUT2D eigenvalue weighted by atomic mass is 10.0. The van der Waals surface area contributed by atoms with E-state index in [1.807, 2.05) is 30.3 Å². The van der Waals surface area contributed by atoms with Crippen molar-refractivity contribution < 1.29 is 4.52 Å². The first-order chi connectivity index (χ1) is 10.3. The van der Waals surface area contributed by atoms with E-state index in [2.05, 4.69) is 22.0 Å². The van der Waals surface area contributed by atoms with Crippen LogP contribution in [0.25, 0.3) is 11.4 Å². The molecule has 1 aromatic heterocycles. The molecule has 4 heteroatoms. The number of hydrogen-bond acceptors (Lipinski definition) is 4. The molecule has 4 nitrogen and oxygen atoms in total. The number of piperidine rings is 1. The lowest BCUT2D eigenvalue weighted by Gasteiger charge is -2.30. The Hall–Kier alpha value is -1.68. The first-order valence-corrected chi connectivity index (χ1v) is 7.91. The summed E-state index contributed by atoms with van der Waals surface area (Å²) in [7, 11) is 0. The lowest BCUT2D eigenvalue weighted by Crippen LogP contribution is -2.35. The summed E-state index contributed by atoms with van der Waals surface area (Å²) in [6.45, 7) is 5.95. The minimum absolute atomic E-state index is 0.692. The number of aryl methyl sites for hydroxylation is 1. The predicted octanol–water partition coefficient (Wildman–Crippen LogP) is 3.40. The largest absolute Gasteiger partial charge is 0.339 e. The Morgan fingerprint density at radius 1 is 1.29 bits per heavy atom. The van der Waals surface area contributed by atoms with Gasteiger partial charge >= 0.3 is 0 Å². The SMILES string of the molecule is C[C@H]1CCCN(CCCc2nc(-c3ccccc3)no2)C1. The van der Waals surface area contributed by atoms with E-state index < -0.39 is 0 Å². The Morgan fingerprint density at radius 3 is 2.95 bits per heavy atom. The second-order valence-electron chi connectivity index (χ2n) is 6.03. The van der Waals surface area contributed by atoms with E-state index in [0.717, 1.165) is 36.8 Å². The standard InChI is InChI=1S/C17H23N3O/c1-14-7-5-11-20(13-14)12-6-10-16-18-17(19-21-16)15-8-3-2-4-9-15/h2-4,8-9,14H,5-7,10-13H2,1H3/t14-/m0/s1. The van der Waals surface area contributed by atoms with Crippen molar-refractivity contribution in [2.45, 2.75) is 32.6 Å². The molecule has 0 aliphatic carbocycles. The molecule has 0 saturated carbocycles. The Labute approximate surface area is 126 Å². The van der Waals surface area contributed by atoms with Gasteiger partial charge in [0.1, 0.15) is 0 Å². The van der Waals surface area contributed by atoms with Crippen LogP contribution < -0.4 is 0 Å². The van der Waals surface area contributed by atoms with Crippen LogP contribution in [-0.2, 0) is 6.42 Å². The molecular formula is C17H23N3O. The Kier molecular flexibility index (Phi) is 4.65. The monoisotopic (exact) mass is 285 g/mol. The van der Waals surface area contributed by atoms with Crippen molar-refractivity contribution in [3.63, 3.8) is 0 Å². The van der Waals surface area contributed by atoms with Gasteiger partial charge in [-0.15, -0.1) is 0 Å². The summed E-state index contributed by atoms with van der Waals surface area (Å²) in [6.07, 6.45) is 4.66. The number of likely N-dealkylation sites (tertiary alicyclic amines) is 1. The summed E-state index contributed by atoms with van der Waals surface area (Å²) >= 11 is 0. The fraction of sp³-hybridized carbons (Fsp3) is 0.529. The average Bonchev–Trinajstić information content (AvgIpc) is 2.97. The van der Waals surface area contributed by atoms with E-state index >= 15 is 0 Å². The molecular weight excluding hydrogens is 262 g/mol. The Morgan fingerprint density at radius 2 is 2.14 bits per heavy atom. The lowest BCUT2D eigenvalue weighted by molar-refractivity contribution is 0.180. The number of hydrogen-bond donors (Lipinski definition) is 0. The maximum Gasteiger partial charge on any atom is 0.227 e. The highest BCUT2D eigenvalue weighted by Crippen LogP contribution is 2.17. The molecule has 21 heavy (non-hydrogen) atoms. The van der Waals surface area contributed by atoms with E-state index in [1.54, 1.807) is 0 Å². The third-order valence-electron chi connectivity index (χ3n) is 4.11. The van der Waals surface area contributed by atoms with Gasteiger partial charge < -0.3 is 9.42 Å². The minimum atomic E-state index is 0.692. The van der Waals surface area contributed by atoms with E-state index in [-0.39, 0.29) is 0 Å². The maximum absolute atomic E-state index is 5.35. The quantitative estimate of drug-likeness (QED) is 0.844. The molecule has 1 aliphatic rings. The second kappa shape index (κ2) is 6.85. The molecule has 1 saturated heterocycles.